The molecular formula is C12H23. The second-order valence-corrected chi connectivity index (χ2v) is 3.73. The molecule has 0 aliphatic heterocycles. The highest BCUT2D eigenvalue weighted by atomic mass is 14.0. The predicted molar refractivity (Wildman–Crippen MR) is 57.0 cm³/mol. The summed E-state index contributed by atoms with van der Waals surface area (Å²) in [6, 6.07) is 0. The van der Waals surface area contributed by atoms with Gasteiger partial charge < -0.3 is 0 Å². The van der Waals surface area contributed by atoms with E-state index in [0.717, 1.165) is 12.3 Å². The fourth-order valence-electron chi connectivity index (χ4n) is 1.24. The molecule has 1 radical (unpaired) electrons. The van der Waals surface area contributed by atoms with Crippen molar-refractivity contribution in [3.8, 4) is 0 Å². The van der Waals surface area contributed by atoms with Gasteiger partial charge in [0.05, 0.1) is 0 Å². The fourth-order valence-corrected chi connectivity index (χ4v) is 1.24. The monoisotopic (exact) mass is 167 g/mol. The van der Waals surface area contributed by atoms with Crippen LogP contribution in [0.4, 0.5) is 0 Å². The van der Waals surface area contributed by atoms with Crippen LogP contribution in [0.25, 0.3) is 0 Å². The average Bonchev–Trinajstić information content (AvgIpc) is 2.04. The van der Waals surface area contributed by atoms with Gasteiger partial charge in [-0.3, -0.25) is 0 Å². The molecule has 0 rings (SSSR count). The molecule has 71 valence electrons. The third-order valence-corrected chi connectivity index (χ3v) is 2.33. The molecule has 0 aromatic carbocycles. The lowest BCUT2D eigenvalue weighted by atomic mass is 9.99. The first-order chi connectivity index (χ1) is 5.70. The Labute approximate surface area is 78.1 Å². The van der Waals surface area contributed by atoms with Gasteiger partial charge in [-0.2, -0.15) is 0 Å². The second-order valence-electron chi connectivity index (χ2n) is 3.73. The highest BCUT2D eigenvalue weighted by molar-refractivity contribution is 4.85. The van der Waals surface area contributed by atoms with Gasteiger partial charge in [-0.15, -0.1) is 0 Å². The first-order valence-electron chi connectivity index (χ1n) is 5.18. The van der Waals surface area contributed by atoms with Crippen molar-refractivity contribution >= 4 is 0 Å². The second kappa shape index (κ2) is 7.39. The van der Waals surface area contributed by atoms with Crippen molar-refractivity contribution in [1.29, 1.82) is 0 Å². The van der Waals surface area contributed by atoms with Crippen LogP contribution in [0.2, 0.25) is 0 Å². The van der Waals surface area contributed by atoms with Crippen molar-refractivity contribution in [1.82, 2.24) is 0 Å². The lowest BCUT2D eigenvalue weighted by molar-refractivity contribution is 0.499. The molecule has 1 atom stereocenters. The van der Waals surface area contributed by atoms with Crippen LogP contribution in [0, 0.1) is 18.8 Å². The van der Waals surface area contributed by atoms with Gasteiger partial charge in [-0.1, -0.05) is 52.7 Å². The zero-order chi connectivity index (χ0) is 9.40. The molecule has 0 aromatic rings. The molecule has 0 aliphatic rings. The van der Waals surface area contributed by atoms with E-state index in [2.05, 4.69) is 39.8 Å². The Morgan fingerprint density at radius 3 is 2.00 bits per heavy atom. The molecule has 0 saturated heterocycles. The number of allylic oxidation sites excluding steroid dienone is 2. The van der Waals surface area contributed by atoms with E-state index in [1.54, 1.807) is 0 Å². The normalized spacial score (nSPS) is 12.2. The Bertz CT molecular complexity index is 107. The molecule has 1 unspecified atom stereocenters. The fraction of sp³-hybridized carbons (Fsp3) is 0.750. The Balaban J connectivity index is 3.44. The average molecular weight is 167 g/mol. The first kappa shape index (κ1) is 11.7. The molecule has 0 aliphatic carbocycles. The summed E-state index contributed by atoms with van der Waals surface area (Å²) < 4.78 is 0. The summed E-state index contributed by atoms with van der Waals surface area (Å²) in [5.74, 6) is 1.45. The molecule has 0 fully saturated rings. The van der Waals surface area contributed by atoms with Crippen LogP contribution in [0.5, 0.6) is 0 Å². The van der Waals surface area contributed by atoms with Gasteiger partial charge in [0.2, 0.25) is 0 Å². The number of hydrogen-bond donors (Lipinski definition) is 0. The third kappa shape index (κ3) is 6.45. The molecule has 0 amide bonds. The standard InChI is InChI=1S/C12H23/c1-5-12(6-2)10-8-7-9-11(3)4/h7-8,11-12H,3,5-6,9-10H2,1-2,4H3/b8-7+. The molecule has 0 nitrogen and oxygen atoms in total. The Morgan fingerprint density at radius 2 is 1.58 bits per heavy atom. The SMILES string of the molecule is [CH2]C(C)C/C=C/CC(CC)CC. The van der Waals surface area contributed by atoms with Crippen LogP contribution in [-0.4, -0.2) is 0 Å². The summed E-state index contributed by atoms with van der Waals surface area (Å²) in [5, 5.41) is 0. The zero-order valence-corrected chi connectivity index (χ0v) is 8.84. The van der Waals surface area contributed by atoms with Crippen LogP contribution in [0.1, 0.15) is 46.5 Å². The van der Waals surface area contributed by atoms with E-state index in [0.29, 0.717) is 5.92 Å². The first-order valence-corrected chi connectivity index (χ1v) is 5.18. The van der Waals surface area contributed by atoms with E-state index in [1.807, 2.05) is 0 Å². The van der Waals surface area contributed by atoms with Gasteiger partial charge in [0.25, 0.3) is 0 Å². The number of hydrogen-bond acceptors (Lipinski definition) is 0. The topological polar surface area (TPSA) is 0 Å². The highest BCUT2D eigenvalue weighted by Crippen LogP contribution is 2.13. The van der Waals surface area contributed by atoms with Crippen LogP contribution in [0.15, 0.2) is 12.2 Å². The van der Waals surface area contributed by atoms with Gasteiger partial charge in [0, 0.05) is 0 Å². The molecular weight excluding hydrogens is 144 g/mol. The van der Waals surface area contributed by atoms with Crippen LogP contribution in [0.3, 0.4) is 0 Å². The maximum absolute atomic E-state index is 3.94. The molecule has 0 spiro atoms. The van der Waals surface area contributed by atoms with E-state index >= 15 is 0 Å². The Morgan fingerprint density at radius 1 is 1.08 bits per heavy atom. The lowest BCUT2D eigenvalue weighted by Gasteiger charge is -2.07. The summed E-state index contributed by atoms with van der Waals surface area (Å²) in [4.78, 5) is 0. The van der Waals surface area contributed by atoms with Crippen molar-refractivity contribution < 1.29 is 0 Å². The summed E-state index contributed by atoms with van der Waals surface area (Å²) in [6.45, 7) is 10.6. The Hall–Kier alpha value is -0.260. The van der Waals surface area contributed by atoms with Gasteiger partial charge >= 0.3 is 0 Å². The molecule has 0 N–H and O–H groups in total. The quantitative estimate of drug-likeness (QED) is 0.519. The van der Waals surface area contributed by atoms with E-state index in [4.69, 9.17) is 0 Å². The van der Waals surface area contributed by atoms with Gasteiger partial charge in [-0.25, -0.2) is 0 Å². The maximum Gasteiger partial charge on any atom is -0.0322 e. The largest absolute Gasteiger partial charge is 0.0883 e. The summed E-state index contributed by atoms with van der Waals surface area (Å²) >= 11 is 0. The zero-order valence-electron chi connectivity index (χ0n) is 8.84. The summed E-state index contributed by atoms with van der Waals surface area (Å²) in [7, 11) is 0. The van der Waals surface area contributed by atoms with E-state index < -0.39 is 0 Å². The van der Waals surface area contributed by atoms with Crippen LogP contribution >= 0.6 is 0 Å². The molecule has 0 aromatic heterocycles. The smallest absolute Gasteiger partial charge is 0.0322 e. The Kier molecular flexibility index (Phi) is 7.23. The minimum absolute atomic E-state index is 0.558. The van der Waals surface area contributed by atoms with E-state index in [-0.39, 0.29) is 0 Å². The van der Waals surface area contributed by atoms with E-state index in [1.165, 1.54) is 19.3 Å². The minimum atomic E-state index is 0.558. The van der Waals surface area contributed by atoms with Crippen molar-refractivity contribution in [2.45, 2.75) is 46.5 Å². The van der Waals surface area contributed by atoms with Crippen molar-refractivity contribution in [3.05, 3.63) is 19.1 Å². The minimum Gasteiger partial charge on any atom is -0.0883 e. The molecule has 0 heteroatoms. The molecule has 0 heterocycles. The van der Waals surface area contributed by atoms with Crippen molar-refractivity contribution in [2.24, 2.45) is 11.8 Å². The molecule has 0 bridgehead atoms. The van der Waals surface area contributed by atoms with Gasteiger partial charge in [0.15, 0.2) is 0 Å². The number of rotatable bonds is 6. The lowest BCUT2D eigenvalue weighted by Crippen LogP contribution is -1.93. The highest BCUT2D eigenvalue weighted by Gasteiger charge is 1.98. The van der Waals surface area contributed by atoms with Crippen molar-refractivity contribution in [2.75, 3.05) is 0 Å². The van der Waals surface area contributed by atoms with Gasteiger partial charge in [-0.05, 0) is 24.7 Å². The molecule has 12 heavy (non-hydrogen) atoms. The van der Waals surface area contributed by atoms with Crippen LogP contribution in [-0.2, 0) is 0 Å². The summed E-state index contributed by atoms with van der Waals surface area (Å²) in [6.07, 6.45) is 9.58. The van der Waals surface area contributed by atoms with Crippen molar-refractivity contribution in [3.63, 3.8) is 0 Å². The maximum atomic E-state index is 3.94. The summed E-state index contributed by atoms with van der Waals surface area (Å²) in [5.41, 5.74) is 0. The van der Waals surface area contributed by atoms with E-state index in [9.17, 15) is 0 Å². The van der Waals surface area contributed by atoms with Crippen LogP contribution < -0.4 is 0 Å². The van der Waals surface area contributed by atoms with Gasteiger partial charge in [0.1, 0.15) is 0 Å². The predicted octanol–water partition coefficient (Wildman–Crippen LogP) is 4.23. The molecule has 0 saturated carbocycles. The third-order valence-electron chi connectivity index (χ3n) is 2.33.